The predicted molar refractivity (Wildman–Crippen MR) is 78.7 cm³/mol. The van der Waals surface area contributed by atoms with Gasteiger partial charge in [0.15, 0.2) is 5.57 Å². The van der Waals surface area contributed by atoms with E-state index >= 15 is 0 Å². The van der Waals surface area contributed by atoms with Crippen molar-refractivity contribution < 1.29 is 32.6 Å². The largest absolute Gasteiger partial charge is 0.435 e. The normalized spacial score (nSPS) is 16.7. The monoisotopic (exact) mass is 391 g/mol. The average Bonchev–Trinajstić information content (AvgIpc) is 2.34. The molecule has 1 heterocycles. The van der Waals surface area contributed by atoms with Gasteiger partial charge in [-0.2, -0.15) is 8.78 Å². The zero-order valence-corrected chi connectivity index (χ0v) is 13.6. The standard InChI is InChI=1S/C14H12BrF2NO5/c1-14(2)22-11(19)10(12(20)23-14)6-18-8-3-7(15)4-9(5-8)21-13(16)17/h3-6,13,18H,1-2H3. The molecule has 23 heavy (non-hydrogen) atoms. The first-order valence-electron chi connectivity index (χ1n) is 6.35. The molecule has 1 aromatic carbocycles. The number of rotatable bonds is 4. The fourth-order valence-corrected chi connectivity index (χ4v) is 2.22. The molecule has 9 heteroatoms. The zero-order chi connectivity index (χ0) is 17.2. The second-order valence-electron chi connectivity index (χ2n) is 4.94. The number of esters is 2. The lowest BCUT2D eigenvalue weighted by Gasteiger charge is -2.29. The number of halogens is 3. The first kappa shape index (κ1) is 17.2. The summed E-state index contributed by atoms with van der Waals surface area (Å²) < 4.78 is 39.1. The van der Waals surface area contributed by atoms with Crippen LogP contribution in [0.15, 0.2) is 34.4 Å². The highest BCUT2D eigenvalue weighted by atomic mass is 79.9. The van der Waals surface area contributed by atoms with Crippen LogP contribution in [0.3, 0.4) is 0 Å². The van der Waals surface area contributed by atoms with Crippen molar-refractivity contribution in [3.8, 4) is 5.75 Å². The van der Waals surface area contributed by atoms with Crippen molar-refractivity contribution in [2.24, 2.45) is 0 Å². The fourth-order valence-electron chi connectivity index (χ4n) is 1.75. The van der Waals surface area contributed by atoms with E-state index in [1.807, 2.05) is 0 Å². The SMILES string of the molecule is CC1(C)OC(=O)C(=CNc2cc(Br)cc(OC(F)F)c2)C(=O)O1. The molecule has 124 valence electrons. The Kier molecular flexibility index (Phi) is 4.88. The van der Waals surface area contributed by atoms with Crippen LogP contribution in [-0.2, 0) is 19.1 Å². The molecule has 0 atom stereocenters. The van der Waals surface area contributed by atoms with E-state index in [1.165, 1.54) is 26.0 Å². The molecule has 0 bridgehead atoms. The lowest BCUT2D eigenvalue weighted by atomic mass is 10.2. The molecule has 1 N–H and O–H groups in total. The van der Waals surface area contributed by atoms with Crippen molar-refractivity contribution in [3.63, 3.8) is 0 Å². The number of cyclic esters (lactones) is 2. The molecular weight excluding hydrogens is 380 g/mol. The maximum Gasteiger partial charge on any atom is 0.387 e. The molecule has 1 aliphatic heterocycles. The lowest BCUT2D eigenvalue weighted by Crippen LogP contribution is -2.42. The smallest absolute Gasteiger partial charge is 0.387 e. The fraction of sp³-hybridized carbons (Fsp3) is 0.286. The minimum atomic E-state index is -2.97. The Morgan fingerprint density at radius 3 is 2.39 bits per heavy atom. The van der Waals surface area contributed by atoms with Crippen LogP contribution in [0.1, 0.15) is 13.8 Å². The summed E-state index contributed by atoms with van der Waals surface area (Å²) in [7, 11) is 0. The first-order valence-corrected chi connectivity index (χ1v) is 7.14. The number of carbonyl (C=O) groups is 2. The first-order chi connectivity index (χ1) is 10.7. The average molecular weight is 392 g/mol. The van der Waals surface area contributed by atoms with E-state index in [0.717, 1.165) is 6.20 Å². The summed E-state index contributed by atoms with van der Waals surface area (Å²) in [6, 6.07) is 4.16. The summed E-state index contributed by atoms with van der Waals surface area (Å²) in [6.07, 6.45) is 1.08. The van der Waals surface area contributed by atoms with Crippen molar-refractivity contribution in [3.05, 3.63) is 34.4 Å². The Bertz CT molecular complexity index is 653. The number of ether oxygens (including phenoxy) is 3. The van der Waals surface area contributed by atoms with Gasteiger partial charge in [-0.15, -0.1) is 0 Å². The number of hydrogen-bond acceptors (Lipinski definition) is 6. The van der Waals surface area contributed by atoms with Gasteiger partial charge in [0.1, 0.15) is 5.75 Å². The van der Waals surface area contributed by atoms with Gasteiger partial charge in [0.2, 0.25) is 0 Å². The second kappa shape index (κ2) is 6.53. The van der Waals surface area contributed by atoms with Gasteiger partial charge in [-0.1, -0.05) is 15.9 Å². The molecular formula is C14H12BrF2NO5. The highest BCUT2D eigenvalue weighted by Crippen LogP contribution is 2.27. The molecule has 2 rings (SSSR count). The van der Waals surface area contributed by atoms with E-state index in [4.69, 9.17) is 9.47 Å². The molecule has 0 radical (unpaired) electrons. The van der Waals surface area contributed by atoms with E-state index in [-0.39, 0.29) is 11.3 Å². The number of hydrogen-bond donors (Lipinski definition) is 1. The summed E-state index contributed by atoms with van der Waals surface area (Å²) in [6.45, 7) is -0.120. The summed E-state index contributed by atoms with van der Waals surface area (Å²) in [5.41, 5.74) is -0.0337. The molecule has 1 aromatic rings. The third kappa shape index (κ3) is 4.65. The van der Waals surface area contributed by atoms with Crippen molar-refractivity contribution in [1.82, 2.24) is 0 Å². The molecule has 6 nitrogen and oxygen atoms in total. The Morgan fingerprint density at radius 1 is 1.22 bits per heavy atom. The second-order valence-corrected chi connectivity index (χ2v) is 5.85. The van der Waals surface area contributed by atoms with Gasteiger partial charge in [-0.3, -0.25) is 0 Å². The van der Waals surface area contributed by atoms with Crippen LogP contribution in [0.25, 0.3) is 0 Å². The quantitative estimate of drug-likeness (QED) is 0.482. The maximum atomic E-state index is 12.2. The van der Waals surface area contributed by atoms with Crippen molar-refractivity contribution in [1.29, 1.82) is 0 Å². The number of carbonyl (C=O) groups excluding carboxylic acids is 2. The molecule has 0 unspecified atom stereocenters. The van der Waals surface area contributed by atoms with Gasteiger partial charge in [-0.25, -0.2) is 9.59 Å². The lowest BCUT2D eigenvalue weighted by molar-refractivity contribution is -0.222. The number of anilines is 1. The summed E-state index contributed by atoms with van der Waals surface area (Å²) >= 11 is 3.14. The van der Waals surface area contributed by atoms with Crippen LogP contribution in [0.4, 0.5) is 14.5 Å². The molecule has 1 aliphatic rings. The predicted octanol–water partition coefficient (Wildman–Crippen LogP) is 3.18. The van der Waals surface area contributed by atoms with Crippen LogP contribution >= 0.6 is 15.9 Å². The molecule has 1 fully saturated rings. The summed E-state index contributed by atoms with van der Waals surface area (Å²) in [5.74, 6) is -3.12. The van der Waals surface area contributed by atoms with E-state index in [2.05, 4.69) is 26.0 Å². The molecule has 0 saturated carbocycles. The Hall–Kier alpha value is -2.16. The molecule has 0 amide bonds. The van der Waals surface area contributed by atoms with Gasteiger partial charge in [-0.05, 0) is 12.1 Å². The van der Waals surface area contributed by atoms with Crippen LogP contribution in [-0.4, -0.2) is 24.3 Å². The van der Waals surface area contributed by atoms with Gasteiger partial charge in [0.05, 0.1) is 0 Å². The minimum Gasteiger partial charge on any atom is -0.435 e. The van der Waals surface area contributed by atoms with Gasteiger partial charge in [0, 0.05) is 36.3 Å². The number of nitrogens with one attached hydrogen (secondary N) is 1. The number of alkyl halides is 2. The van der Waals surface area contributed by atoms with Crippen LogP contribution in [0.2, 0.25) is 0 Å². The number of benzene rings is 1. The van der Waals surface area contributed by atoms with Crippen molar-refractivity contribution in [2.45, 2.75) is 26.2 Å². The highest BCUT2D eigenvalue weighted by molar-refractivity contribution is 9.10. The third-order valence-corrected chi connectivity index (χ3v) is 3.05. The van der Waals surface area contributed by atoms with Crippen LogP contribution in [0.5, 0.6) is 5.75 Å². The van der Waals surface area contributed by atoms with Gasteiger partial charge >= 0.3 is 18.6 Å². The zero-order valence-electron chi connectivity index (χ0n) is 12.1. The molecule has 0 spiro atoms. The highest BCUT2D eigenvalue weighted by Gasteiger charge is 2.38. The molecule has 0 aliphatic carbocycles. The van der Waals surface area contributed by atoms with Crippen LogP contribution in [0, 0.1) is 0 Å². The van der Waals surface area contributed by atoms with E-state index in [1.54, 1.807) is 6.07 Å². The topological polar surface area (TPSA) is 73.9 Å². The van der Waals surface area contributed by atoms with Crippen LogP contribution < -0.4 is 10.1 Å². The van der Waals surface area contributed by atoms with E-state index in [9.17, 15) is 18.4 Å². The third-order valence-electron chi connectivity index (χ3n) is 2.60. The van der Waals surface area contributed by atoms with E-state index in [0.29, 0.717) is 10.2 Å². The Morgan fingerprint density at radius 2 is 1.83 bits per heavy atom. The Labute approximate surface area is 138 Å². The van der Waals surface area contributed by atoms with Gasteiger partial charge in [0.25, 0.3) is 5.79 Å². The van der Waals surface area contributed by atoms with Crippen molar-refractivity contribution in [2.75, 3.05) is 5.32 Å². The van der Waals surface area contributed by atoms with Crippen molar-refractivity contribution >= 4 is 33.6 Å². The Balaban J connectivity index is 2.18. The van der Waals surface area contributed by atoms with E-state index < -0.39 is 24.3 Å². The minimum absolute atomic E-state index is 0.0924. The summed E-state index contributed by atoms with van der Waals surface area (Å²) in [4.78, 5) is 23.5. The van der Waals surface area contributed by atoms with Gasteiger partial charge < -0.3 is 19.5 Å². The summed E-state index contributed by atoms with van der Waals surface area (Å²) in [5, 5.41) is 2.64. The molecule has 1 saturated heterocycles. The maximum absolute atomic E-state index is 12.2. The molecule has 0 aromatic heterocycles.